The van der Waals surface area contributed by atoms with Gasteiger partial charge in [0, 0.05) is 12.5 Å². The van der Waals surface area contributed by atoms with Crippen molar-refractivity contribution in [2.75, 3.05) is 7.05 Å². The first-order chi connectivity index (χ1) is 9.33. The molecule has 0 fully saturated rings. The van der Waals surface area contributed by atoms with Gasteiger partial charge in [0.25, 0.3) is 0 Å². The van der Waals surface area contributed by atoms with Gasteiger partial charge in [0.15, 0.2) is 11.5 Å². The standard InChI is InChI=1S/C16H24N2O/c1-3-4-5-6-9-13(17-2)12-16-18-14-10-7-8-11-15(14)19-16/h7-8,10-11,13,17H,3-6,9,12H2,1-2H3. The highest BCUT2D eigenvalue weighted by Gasteiger charge is 2.12. The van der Waals surface area contributed by atoms with Crippen molar-refractivity contribution in [3.05, 3.63) is 30.2 Å². The molecule has 2 aromatic rings. The molecule has 0 amide bonds. The molecule has 2 rings (SSSR count). The molecule has 0 saturated carbocycles. The van der Waals surface area contributed by atoms with Crippen LogP contribution in [0.5, 0.6) is 0 Å². The fourth-order valence-electron chi connectivity index (χ4n) is 2.38. The summed E-state index contributed by atoms with van der Waals surface area (Å²) in [5, 5.41) is 3.37. The topological polar surface area (TPSA) is 38.1 Å². The molecule has 0 aliphatic heterocycles. The Balaban J connectivity index is 1.90. The molecule has 0 aliphatic rings. The molecule has 1 heterocycles. The van der Waals surface area contributed by atoms with Crippen LogP contribution in [0.25, 0.3) is 11.1 Å². The maximum absolute atomic E-state index is 5.78. The third-order valence-electron chi connectivity index (χ3n) is 3.57. The van der Waals surface area contributed by atoms with Crippen LogP contribution in [0, 0.1) is 0 Å². The summed E-state index contributed by atoms with van der Waals surface area (Å²) in [5.41, 5.74) is 1.84. The number of nitrogens with one attached hydrogen (secondary N) is 1. The molecular weight excluding hydrogens is 236 g/mol. The van der Waals surface area contributed by atoms with Crippen LogP contribution >= 0.6 is 0 Å². The van der Waals surface area contributed by atoms with Crippen molar-refractivity contribution in [3.63, 3.8) is 0 Å². The van der Waals surface area contributed by atoms with E-state index in [2.05, 4.69) is 17.2 Å². The number of para-hydroxylation sites is 2. The lowest BCUT2D eigenvalue weighted by atomic mass is 10.0. The Bertz CT molecular complexity index is 459. The van der Waals surface area contributed by atoms with E-state index in [-0.39, 0.29) is 0 Å². The van der Waals surface area contributed by atoms with Crippen LogP contribution in [-0.2, 0) is 6.42 Å². The van der Waals surface area contributed by atoms with Gasteiger partial charge in [-0.05, 0) is 25.6 Å². The van der Waals surface area contributed by atoms with Gasteiger partial charge in [-0.2, -0.15) is 0 Å². The molecule has 0 radical (unpaired) electrons. The summed E-state index contributed by atoms with van der Waals surface area (Å²) in [6, 6.07) is 8.41. The summed E-state index contributed by atoms with van der Waals surface area (Å²) in [4.78, 5) is 4.54. The maximum atomic E-state index is 5.78. The van der Waals surface area contributed by atoms with Crippen LogP contribution in [0.3, 0.4) is 0 Å². The average Bonchev–Trinajstić information content (AvgIpc) is 2.84. The molecule has 1 aromatic carbocycles. The van der Waals surface area contributed by atoms with E-state index in [1.54, 1.807) is 0 Å². The van der Waals surface area contributed by atoms with Crippen LogP contribution in [-0.4, -0.2) is 18.1 Å². The van der Waals surface area contributed by atoms with Crippen molar-refractivity contribution in [1.29, 1.82) is 0 Å². The first-order valence-electron chi connectivity index (χ1n) is 7.35. The van der Waals surface area contributed by atoms with Gasteiger partial charge in [-0.25, -0.2) is 4.98 Å². The van der Waals surface area contributed by atoms with Gasteiger partial charge in [0.2, 0.25) is 0 Å². The summed E-state index contributed by atoms with van der Waals surface area (Å²) >= 11 is 0. The zero-order valence-electron chi connectivity index (χ0n) is 12.0. The second-order valence-corrected chi connectivity index (χ2v) is 5.11. The summed E-state index contributed by atoms with van der Waals surface area (Å²) in [5.74, 6) is 0.844. The monoisotopic (exact) mass is 260 g/mol. The normalized spacial score (nSPS) is 12.9. The fourth-order valence-corrected chi connectivity index (χ4v) is 2.38. The molecule has 104 valence electrons. The average molecular weight is 260 g/mol. The molecular formula is C16H24N2O. The number of likely N-dealkylation sites (N-methyl/N-ethyl adjacent to an activating group) is 1. The number of unbranched alkanes of at least 4 members (excludes halogenated alkanes) is 3. The summed E-state index contributed by atoms with van der Waals surface area (Å²) < 4.78 is 5.78. The number of oxazole rings is 1. The number of hydrogen-bond acceptors (Lipinski definition) is 3. The molecule has 1 atom stereocenters. The highest BCUT2D eigenvalue weighted by molar-refractivity contribution is 5.72. The number of aromatic nitrogens is 1. The van der Waals surface area contributed by atoms with Gasteiger partial charge in [0.1, 0.15) is 5.52 Å². The first-order valence-corrected chi connectivity index (χ1v) is 7.35. The van der Waals surface area contributed by atoms with Gasteiger partial charge in [-0.3, -0.25) is 0 Å². The van der Waals surface area contributed by atoms with E-state index in [4.69, 9.17) is 4.42 Å². The van der Waals surface area contributed by atoms with Crippen LogP contribution in [0.15, 0.2) is 28.7 Å². The van der Waals surface area contributed by atoms with E-state index in [9.17, 15) is 0 Å². The predicted molar refractivity (Wildman–Crippen MR) is 79.3 cm³/mol. The Labute approximate surface area is 115 Å². The van der Waals surface area contributed by atoms with Crippen molar-refractivity contribution in [3.8, 4) is 0 Å². The minimum atomic E-state index is 0.463. The van der Waals surface area contributed by atoms with Crippen molar-refractivity contribution < 1.29 is 4.42 Å². The molecule has 0 spiro atoms. The Hall–Kier alpha value is -1.35. The Kier molecular flexibility index (Phi) is 5.40. The fraction of sp³-hybridized carbons (Fsp3) is 0.562. The number of benzene rings is 1. The number of rotatable bonds is 8. The van der Waals surface area contributed by atoms with Gasteiger partial charge in [-0.1, -0.05) is 44.7 Å². The van der Waals surface area contributed by atoms with Crippen LogP contribution in [0.2, 0.25) is 0 Å². The molecule has 19 heavy (non-hydrogen) atoms. The van der Waals surface area contributed by atoms with Gasteiger partial charge in [-0.15, -0.1) is 0 Å². The smallest absolute Gasteiger partial charge is 0.197 e. The molecule has 1 unspecified atom stereocenters. The zero-order chi connectivity index (χ0) is 13.5. The third-order valence-corrected chi connectivity index (χ3v) is 3.57. The highest BCUT2D eigenvalue weighted by Crippen LogP contribution is 2.17. The van der Waals surface area contributed by atoms with Crippen LogP contribution < -0.4 is 5.32 Å². The lowest BCUT2D eigenvalue weighted by molar-refractivity contribution is 0.432. The largest absolute Gasteiger partial charge is 0.441 e. The minimum absolute atomic E-state index is 0.463. The number of fused-ring (bicyclic) bond motifs is 1. The van der Waals surface area contributed by atoms with Crippen molar-refractivity contribution >= 4 is 11.1 Å². The third kappa shape index (κ3) is 4.06. The Morgan fingerprint density at radius 1 is 1.21 bits per heavy atom. The van der Waals surface area contributed by atoms with Crippen LogP contribution in [0.4, 0.5) is 0 Å². The summed E-state index contributed by atoms with van der Waals surface area (Å²) in [6.07, 6.45) is 7.28. The molecule has 0 bridgehead atoms. The Morgan fingerprint density at radius 3 is 2.79 bits per heavy atom. The Morgan fingerprint density at radius 2 is 2.05 bits per heavy atom. The SMILES string of the molecule is CCCCCCC(Cc1nc2ccccc2o1)NC. The molecule has 3 heteroatoms. The van der Waals surface area contributed by atoms with E-state index in [0.29, 0.717) is 6.04 Å². The number of hydrogen-bond donors (Lipinski definition) is 1. The summed E-state index contributed by atoms with van der Waals surface area (Å²) in [6.45, 7) is 2.24. The molecule has 1 aromatic heterocycles. The van der Waals surface area contributed by atoms with E-state index >= 15 is 0 Å². The molecule has 0 saturated heterocycles. The van der Waals surface area contributed by atoms with Crippen molar-refractivity contribution in [2.24, 2.45) is 0 Å². The van der Waals surface area contributed by atoms with Crippen LogP contribution in [0.1, 0.15) is 44.9 Å². The number of nitrogens with zero attached hydrogens (tertiary/aromatic N) is 1. The quantitative estimate of drug-likeness (QED) is 0.731. The van der Waals surface area contributed by atoms with E-state index < -0.39 is 0 Å². The van der Waals surface area contributed by atoms with Gasteiger partial charge in [0.05, 0.1) is 0 Å². The molecule has 1 N–H and O–H groups in total. The lowest BCUT2D eigenvalue weighted by Gasteiger charge is -2.13. The zero-order valence-corrected chi connectivity index (χ0v) is 12.0. The molecule has 3 nitrogen and oxygen atoms in total. The maximum Gasteiger partial charge on any atom is 0.197 e. The minimum Gasteiger partial charge on any atom is -0.441 e. The van der Waals surface area contributed by atoms with Crippen molar-refractivity contribution in [2.45, 2.75) is 51.5 Å². The van der Waals surface area contributed by atoms with Crippen molar-refractivity contribution in [1.82, 2.24) is 10.3 Å². The van der Waals surface area contributed by atoms with Gasteiger partial charge >= 0.3 is 0 Å². The second-order valence-electron chi connectivity index (χ2n) is 5.11. The molecule has 0 aliphatic carbocycles. The van der Waals surface area contributed by atoms with Gasteiger partial charge < -0.3 is 9.73 Å². The first kappa shape index (κ1) is 14.1. The highest BCUT2D eigenvalue weighted by atomic mass is 16.3. The summed E-state index contributed by atoms with van der Waals surface area (Å²) in [7, 11) is 2.02. The second kappa shape index (κ2) is 7.29. The predicted octanol–water partition coefficient (Wildman–Crippen LogP) is 3.93. The lowest BCUT2D eigenvalue weighted by Crippen LogP contribution is -2.27. The van der Waals surface area contributed by atoms with E-state index in [1.807, 2.05) is 31.3 Å². The van der Waals surface area contributed by atoms with E-state index in [1.165, 1.54) is 32.1 Å². The van der Waals surface area contributed by atoms with E-state index in [0.717, 1.165) is 23.4 Å².